The molecule has 0 aliphatic heterocycles. The Kier molecular flexibility index (Phi) is 3.77. The van der Waals surface area contributed by atoms with Gasteiger partial charge in [-0.2, -0.15) is 13.2 Å². The Bertz CT molecular complexity index is 617. The number of Topliss-reactive ketones (excluding diaryl/α,β-unsaturated/α-hetero) is 1. The lowest BCUT2D eigenvalue weighted by Crippen LogP contribution is -2.32. The molecular weight excluding hydrogens is 301 g/mol. The van der Waals surface area contributed by atoms with E-state index in [4.69, 9.17) is 0 Å². The maximum atomic E-state index is 12.8. The van der Waals surface area contributed by atoms with Gasteiger partial charge in [0.25, 0.3) is 0 Å². The largest absolute Gasteiger partial charge is 0.391 e. The van der Waals surface area contributed by atoms with Crippen LogP contribution in [0.4, 0.5) is 13.2 Å². The number of hydrogen-bond donors (Lipinski definition) is 0. The topological polar surface area (TPSA) is 34.4 Å². The van der Waals surface area contributed by atoms with Crippen LogP contribution in [0.5, 0.6) is 0 Å². The van der Waals surface area contributed by atoms with Gasteiger partial charge in [0.1, 0.15) is 5.78 Å². The molecule has 2 unspecified atom stereocenters. The molecule has 1 fully saturated rings. The van der Waals surface area contributed by atoms with Gasteiger partial charge in [-0.05, 0) is 19.3 Å². The Morgan fingerprint density at radius 1 is 1.43 bits per heavy atom. The smallest absolute Gasteiger partial charge is 0.299 e. The van der Waals surface area contributed by atoms with Crippen molar-refractivity contribution in [1.82, 2.24) is 9.38 Å². The number of halogens is 3. The highest BCUT2D eigenvalue weighted by Gasteiger charge is 2.43. The number of aromatic nitrogens is 2. The third-order valence-corrected chi connectivity index (χ3v) is 4.86. The predicted octanol–water partition coefficient (Wildman–Crippen LogP) is 3.88. The first-order valence-electron chi connectivity index (χ1n) is 6.94. The van der Waals surface area contributed by atoms with Crippen molar-refractivity contribution in [2.75, 3.05) is 0 Å². The van der Waals surface area contributed by atoms with E-state index in [1.54, 1.807) is 6.20 Å². The Hall–Kier alpha value is -1.37. The zero-order chi connectivity index (χ0) is 15.0. The van der Waals surface area contributed by atoms with Gasteiger partial charge in [-0.25, -0.2) is 4.98 Å². The van der Waals surface area contributed by atoms with Gasteiger partial charge in [-0.15, -0.1) is 11.3 Å². The zero-order valence-electron chi connectivity index (χ0n) is 11.3. The molecule has 1 aliphatic carbocycles. The number of alkyl halides is 3. The minimum Gasteiger partial charge on any atom is -0.299 e. The van der Waals surface area contributed by atoms with Crippen LogP contribution in [0.1, 0.15) is 31.4 Å². The third-order valence-electron chi connectivity index (χ3n) is 4.09. The van der Waals surface area contributed by atoms with Gasteiger partial charge in [0, 0.05) is 23.7 Å². The number of imidazole rings is 1. The number of rotatable bonds is 3. The molecule has 0 amide bonds. The molecule has 2 atom stereocenters. The van der Waals surface area contributed by atoms with E-state index in [0.717, 1.165) is 4.96 Å². The highest BCUT2D eigenvalue weighted by Crippen LogP contribution is 2.40. The van der Waals surface area contributed by atoms with Gasteiger partial charge in [-0.3, -0.25) is 9.20 Å². The molecule has 0 N–H and O–H groups in total. The average Bonchev–Trinajstić information content (AvgIpc) is 2.98. The highest BCUT2D eigenvalue weighted by atomic mass is 32.1. The average molecular weight is 316 g/mol. The molecule has 3 rings (SSSR count). The molecule has 0 spiro atoms. The van der Waals surface area contributed by atoms with E-state index in [9.17, 15) is 18.0 Å². The van der Waals surface area contributed by atoms with Crippen LogP contribution in [0.25, 0.3) is 4.96 Å². The van der Waals surface area contributed by atoms with Crippen molar-refractivity contribution in [2.24, 2.45) is 11.8 Å². The number of carbonyl (C=O) groups is 1. The quantitative estimate of drug-likeness (QED) is 0.861. The fourth-order valence-corrected chi connectivity index (χ4v) is 3.68. The van der Waals surface area contributed by atoms with Crippen LogP contribution in [0.2, 0.25) is 0 Å². The fraction of sp³-hybridized carbons (Fsp3) is 0.571. The van der Waals surface area contributed by atoms with Gasteiger partial charge < -0.3 is 0 Å². The molecule has 114 valence electrons. The number of fused-ring (bicyclic) bond motifs is 1. The van der Waals surface area contributed by atoms with Crippen LogP contribution in [0, 0.1) is 11.8 Å². The molecule has 1 saturated carbocycles. The fourth-order valence-electron chi connectivity index (χ4n) is 2.96. The number of hydrogen-bond acceptors (Lipinski definition) is 3. The molecule has 3 nitrogen and oxygen atoms in total. The van der Waals surface area contributed by atoms with Crippen LogP contribution in [-0.2, 0) is 11.2 Å². The van der Waals surface area contributed by atoms with Crippen molar-refractivity contribution in [3.05, 3.63) is 23.5 Å². The molecule has 2 aromatic rings. The van der Waals surface area contributed by atoms with Gasteiger partial charge in [0.05, 0.1) is 18.0 Å². The number of thiazole rings is 1. The Labute approximate surface area is 123 Å². The minimum absolute atomic E-state index is 0.0649. The summed E-state index contributed by atoms with van der Waals surface area (Å²) < 4.78 is 40.2. The van der Waals surface area contributed by atoms with Gasteiger partial charge in [0.15, 0.2) is 4.96 Å². The summed E-state index contributed by atoms with van der Waals surface area (Å²) in [5, 5.41) is 1.89. The van der Waals surface area contributed by atoms with Crippen LogP contribution in [0.3, 0.4) is 0 Å². The molecule has 0 aromatic carbocycles. The van der Waals surface area contributed by atoms with E-state index >= 15 is 0 Å². The molecule has 7 heteroatoms. The summed E-state index contributed by atoms with van der Waals surface area (Å²) in [6, 6.07) is 0. The summed E-state index contributed by atoms with van der Waals surface area (Å²) in [5.41, 5.74) is 0.640. The summed E-state index contributed by atoms with van der Waals surface area (Å²) in [6.45, 7) is 0. The van der Waals surface area contributed by atoms with Crippen molar-refractivity contribution in [1.29, 1.82) is 0 Å². The normalized spacial score (nSPS) is 23.6. The Morgan fingerprint density at radius 2 is 2.24 bits per heavy atom. The van der Waals surface area contributed by atoms with Gasteiger partial charge in [0.2, 0.25) is 0 Å². The summed E-state index contributed by atoms with van der Waals surface area (Å²) in [6.07, 6.45) is 0.680. The van der Waals surface area contributed by atoms with E-state index in [-0.39, 0.29) is 25.0 Å². The molecule has 0 radical (unpaired) electrons. The molecule has 0 bridgehead atoms. The predicted molar refractivity (Wildman–Crippen MR) is 73.3 cm³/mol. The first-order valence-corrected chi connectivity index (χ1v) is 7.82. The highest BCUT2D eigenvalue weighted by molar-refractivity contribution is 7.15. The standard InChI is InChI=1S/C14H15F3N2OS/c15-14(16,17)10-3-1-2-9(6-10)12(20)7-11-8-19-4-5-21-13(19)18-11/h4-5,8-10H,1-3,6-7H2. The van der Waals surface area contributed by atoms with E-state index in [1.807, 2.05) is 16.0 Å². The molecule has 2 aromatic heterocycles. The van der Waals surface area contributed by atoms with Crippen LogP contribution in [0.15, 0.2) is 17.8 Å². The molecule has 0 saturated heterocycles. The molecular formula is C14H15F3N2OS. The van der Waals surface area contributed by atoms with E-state index in [1.165, 1.54) is 11.3 Å². The second-order valence-electron chi connectivity index (χ2n) is 5.57. The second-order valence-corrected chi connectivity index (χ2v) is 6.44. The van der Waals surface area contributed by atoms with Crippen molar-refractivity contribution in [3.8, 4) is 0 Å². The molecule has 1 aliphatic rings. The summed E-state index contributed by atoms with van der Waals surface area (Å²) in [4.78, 5) is 17.3. The molecule has 21 heavy (non-hydrogen) atoms. The first-order chi connectivity index (χ1) is 9.93. The Morgan fingerprint density at radius 3 is 2.95 bits per heavy atom. The van der Waals surface area contributed by atoms with Crippen LogP contribution < -0.4 is 0 Å². The maximum absolute atomic E-state index is 12.8. The van der Waals surface area contributed by atoms with Gasteiger partial charge in [-0.1, -0.05) is 6.42 Å². The van der Waals surface area contributed by atoms with Crippen molar-refractivity contribution in [2.45, 2.75) is 38.3 Å². The minimum atomic E-state index is -4.18. The van der Waals surface area contributed by atoms with Crippen LogP contribution in [-0.4, -0.2) is 21.3 Å². The van der Waals surface area contributed by atoms with Gasteiger partial charge >= 0.3 is 6.18 Å². The van der Waals surface area contributed by atoms with E-state index in [2.05, 4.69) is 4.98 Å². The lowest BCUT2D eigenvalue weighted by atomic mass is 9.78. The zero-order valence-corrected chi connectivity index (χ0v) is 12.1. The SMILES string of the molecule is O=C(Cc1cn2ccsc2n1)C1CCCC(C(F)(F)F)C1. The first kappa shape index (κ1) is 14.6. The monoisotopic (exact) mass is 316 g/mol. The summed E-state index contributed by atoms with van der Waals surface area (Å²) in [5.74, 6) is -1.93. The number of ketones is 1. The maximum Gasteiger partial charge on any atom is 0.391 e. The van der Waals surface area contributed by atoms with E-state index in [0.29, 0.717) is 18.5 Å². The van der Waals surface area contributed by atoms with Crippen molar-refractivity contribution < 1.29 is 18.0 Å². The number of nitrogens with zero attached hydrogens (tertiary/aromatic N) is 2. The lowest BCUT2D eigenvalue weighted by molar-refractivity contribution is -0.186. The lowest BCUT2D eigenvalue weighted by Gasteiger charge is -2.29. The number of carbonyl (C=O) groups excluding carboxylic acids is 1. The molecule has 2 heterocycles. The van der Waals surface area contributed by atoms with E-state index < -0.39 is 18.0 Å². The third kappa shape index (κ3) is 3.12. The second kappa shape index (κ2) is 5.44. The summed E-state index contributed by atoms with van der Waals surface area (Å²) >= 11 is 1.47. The van der Waals surface area contributed by atoms with Crippen LogP contribution >= 0.6 is 11.3 Å². The summed E-state index contributed by atoms with van der Waals surface area (Å²) in [7, 11) is 0. The Balaban J connectivity index is 1.66. The van der Waals surface area contributed by atoms with Crippen molar-refractivity contribution in [3.63, 3.8) is 0 Å². The van der Waals surface area contributed by atoms with Crippen molar-refractivity contribution >= 4 is 22.1 Å².